The van der Waals surface area contributed by atoms with E-state index in [9.17, 15) is 4.79 Å². The molecule has 0 spiro atoms. The van der Waals surface area contributed by atoms with Crippen LogP contribution in [0.3, 0.4) is 0 Å². The molecule has 1 N–H and O–H groups in total. The van der Waals surface area contributed by atoms with E-state index < -0.39 is 0 Å². The smallest absolute Gasteiger partial charge is 0.251 e. The van der Waals surface area contributed by atoms with Crippen LogP contribution in [0, 0.1) is 6.92 Å². The number of nitrogens with zero attached hydrogens (tertiary/aromatic N) is 2. The summed E-state index contributed by atoms with van der Waals surface area (Å²) >= 11 is 0. The van der Waals surface area contributed by atoms with Gasteiger partial charge < -0.3 is 9.72 Å². The fourth-order valence-corrected chi connectivity index (χ4v) is 1.55. The second kappa shape index (κ2) is 4.78. The fraction of sp³-hybridized carbons (Fsp3) is 0.250. The zero-order valence-electron chi connectivity index (χ0n) is 9.73. The quantitative estimate of drug-likeness (QED) is 0.858. The molecule has 2 heterocycles. The van der Waals surface area contributed by atoms with Crippen molar-refractivity contribution in [3.8, 4) is 5.88 Å². The Hall–Kier alpha value is -2.17. The molecule has 0 saturated carbocycles. The van der Waals surface area contributed by atoms with Crippen molar-refractivity contribution in [2.75, 3.05) is 7.11 Å². The molecule has 2 rings (SSSR count). The van der Waals surface area contributed by atoms with E-state index in [2.05, 4.69) is 15.0 Å². The largest absolute Gasteiger partial charge is 0.481 e. The van der Waals surface area contributed by atoms with E-state index in [4.69, 9.17) is 4.74 Å². The van der Waals surface area contributed by atoms with Gasteiger partial charge in [-0.2, -0.15) is 0 Å². The minimum atomic E-state index is -0.131. The van der Waals surface area contributed by atoms with Gasteiger partial charge in [0.1, 0.15) is 5.82 Å². The monoisotopic (exact) mass is 231 g/mol. The van der Waals surface area contributed by atoms with Crippen molar-refractivity contribution in [3.05, 3.63) is 51.8 Å². The van der Waals surface area contributed by atoms with E-state index in [1.807, 2.05) is 6.07 Å². The fourth-order valence-electron chi connectivity index (χ4n) is 1.55. The molecular formula is C12H13N3O2. The zero-order chi connectivity index (χ0) is 12.3. The van der Waals surface area contributed by atoms with E-state index >= 15 is 0 Å². The van der Waals surface area contributed by atoms with Crippen molar-refractivity contribution >= 4 is 0 Å². The minimum absolute atomic E-state index is 0.131. The van der Waals surface area contributed by atoms with Crippen molar-refractivity contribution < 1.29 is 4.74 Å². The molecule has 5 heteroatoms. The first-order valence-electron chi connectivity index (χ1n) is 5.23. The molecule has 2 aromatic heterocycles. The summed E-state index contributed by atoms with van der Waals surface area (Å²) in [7, 11) is 1.57. The number of aryl methyl sites for hydroxylation is 1. The van der Waals surface area contributed by atoms with Crippen LogP contribution in [0.15, 0.2) is 29.2 Å². The van der Waals surface area contributed by atoms with Gasteiger partial charge in [-0.15, -0.1) is 0 Å². The average Bonchev–Trinajstić information content (AvgIpc) is 2.28. The van der Waals surface area contributed by atoms with Crippen LogP contribution in [-0.4, -0.2) is 22.1 Å². The van der Waals surface area contributed by atoms with Crippen LogP contribution in [0.4, 0.5) is 0 Å². The molecule has 0 aliphatic carbocycles. The first-order valence-corrected chi connectivity index (χ1v) is 5.23. The molecule has 0 fully saturated rings. The predicted octanol–water partition coefficient (Wildman–Crippen LogP) is 1.07. The van der Waals surface area contributed by atoms with Crippen LogP contribution < -0.4 is 10.3 Å². The Morgan fingerprint density at radius 2 is 2.24 bits per heavy atom. The third-order valence-corrected chi connectivity index (χ3v) is 2.30. The van der Waals surface area contributed by atoms with Gasteiger partial charge in [0, 0.05) is 30.4 Å². The molecule has 0 aromatic carbocycles. The van der Waals surface area contributed by atoms with E-state index in [-0.39, 0.29) is 5.56 Å². The molecule has 88 valence electrons. The second-order valence-corrected chi connectivity index (χ2v) is 3.72. The van der Waals surface area contributed by atoms with Crippen molar-refractivity contribution in [2.24, 2.45) is 0 Å². The van der Waals surface area contributed by atoms with Gasteiger partial charge in [-0.05, 0) is 12.5 Å². The van der Waals surface area contributed by atoms with Gasteiger partial charge in [-0.3, -0.25) is 4.79 Å². The molecule has 2 aromatic rings. The molecule has 0 aliphatic heterocycles. The molecule has 0 bridgehead atoms. The molecule has 0 aliphatic rings. The summed E-state index contributed by atoms with van der Waals surface area (Å²) in [6.07, 6.45) is 2.26. The first kappa shape index (κ1) is 11.3. The molecule has 0 amide bonds. The Balaban J connectivity index is 2.22. The Bertz CT molecular complexity index is 561. The number of H-pyrrole nitrogens is 1. The van der Waals surface area contributed by atoms with Crippen LogP contribution in [0.25, 0.3) is 0 Å². The first-order chi connectivity index (χ1) is 8.17. The number of hydrogen-bond acceptors (Lipinski definition) is 4. The second-order valence-electron chi connectivity index (χ2n) is 3.72. The van der Waals surface area contributed by atoms with Gasteiger partial charge in [-0.25, -0.2) is 9.97 Å². The zero-order valence-corrected chi connectivity index (χ0v) is 9.73. The molecular weight excluding hydrogens is 218 g/mol. The SMILES string of the molecule is COc1ccc(Cc2nc(C)cc(=O)[nH]2)cn1. The topological polar surface area (TPSA) is 67.9 Å². The lowest BCUT2D eigenvalue weighted by Crippen LogP contribution is -2.11. The lowest BCUT2D eigenvalue weighted by atomic mass is 10.2. The van der Waals surface area contributed by atoms with Crippen LogP contribution in [0.1, 0.15) is 17.1 Å². The Labute approximate surface area is 98.5 Å². The standard InChI is InChI=1S/C12H13N3O2/c1-8-5-11(16)15-10(14-8)6-9-3-4-12(17-2)13-7-9/h3-5,7H,6H2,1-2H3,(H,14,15,16). The highest BCUT2D eigenvalue weighted by Gasteiger charge is 2.01. The Morgan fingerprint density at radius 1 is 1.41 bits per heavy atom. The van der Waals surface area contributed by atoms with Gasteiger partial charge >= 0.3 is 0 Å². The maximum absolute atomic E-state index is 11.3. The van der Waals surface area contributed by atoms with Gasteiger partial charge in [0.05, 0.1) is 7.11 Å². The summed E-state index contributed by atoms with van der Waals surface area (Å²) in [5.74, 6) is 1.21. The summed E-state index contributed by atoms with van der Waals surface area (Å²) in [4.78, 5) is 22.3. The number of aromatic amines is 1. The predicted molar refractivity (Wildman–Crippen MR) is 63.2 cm³/mol. The van der Waals surface area contributed by atoms with Crippen molar-refractivity contribution in [1.82, 2.24) is 15.0 Å². The summed E-state index contributed by atoms with van der Waals surface area (Å²) in [6, 6.07) is 5.15. The number of hydrogen-bond donors (Lipinski definition) is 1. The number of aromatic nitrogens is 3. The number of methoxy groups -OCH3 is 1. The molecule has 17 heavy (non-hydrogen) atoms. The summed E-state index contributed by atoms with van der Waals surface area (Å²) in [6.45, 7) is 1.80. The highest BCUT2D eigenvalue weighted by Crippen LogP contribution is 2.09. The van der Waals surface area contributed by atoms with Crippen molar-refractivity contribution in [3.63, 3.8) is 0 Å². The average molecular weight is 231 g/mol. The third kappa shape index (κ3) is 2.90. The molecule has 0 saturated heterocycles. The molecule has 0 unspecified atom stereocenters. The summed E-state index contributed by atoms with van der Waals surface area (Å²) < 4.78 is 4.97. The maximum atomic E-state index is 11.3. The lowest BCUT2D eigenvalue weighted by Gasteiger charge is -2.03. The molecule has 0 radical (unpaired) electrons. The number of pyridine rings is 1. The Kier molecular flexibility index (Phi) is 3.18. The summed E-state index contributed by atoms with van der Waals surface area (Å²) in [5, 5.41) is 0. The van der Waals surface area contributed by atoms with Gasteiger partial charge in [0.25, 0.3) is 5.56 Å². The highest BCUT2D eigenvalue weighted by molar-refractivity contribution is 5.20. The van der Waals surface area contributed by atoms with Crippen LogP contribution in [-0.2, 0) is 6.42 Å². The number of ether oxygens (including phenoxy) is 1. The van der Waals surface area contributed by atoms with E-state index in [1.54, 1.807) is 26.3 Å². The molecule has 0 atom stereocenters. The number of nitrogens with one attached hydrogen (secondary N) is 1. The maximum Gasteiger partial charge on any atom is 0.251 e. The summed E-state index contributed by atoms with van der Waals surface area (Å²) in [5.41, 5.74) is 1.55. The van der Waals surface area contributed by atoms with Crippen molar-refractivity contribution in [1.29, 1.82) is 0 Å². The lowest BCUT2D eigenvalue weighted by molar-refractivity contribution is 0.397. The van der Waals surface area contributed by atoms with Crippen LogP contribution >= 0.6 is 0 Å². The molecule has 5 nitrogen and oxygen atoms in total. The van der Waals surface area contributed by atoms with Gasteiger partial charge in [0.15, 0.2) is 0 Å². The minimum Gasteiger partial charge on any atom is -0.481 e. The van der Waals surface area contributed by atoms with E-state index in [1.165, 1.54) is 6.07 Å². The normalized spacial score (nSPS) is 10.2. The third-order valence-electron chi connectivity index (χ3n) is 2.30. The van der Waals surface area contributed by atoms with Gasteiger partial charge in [-0.1, -0.05) is 6.07 Å². The highest BCUT2D eigenvalue weighted by atomic mass is 16.5. The van der Waals surface area contributed by atoms with Crippen molar-refractivity contribution in [2.45, 2.75) is 13.3 Å². The number of rotatable bonds is 3. The van der Waals surface area contributed by atoms with Crippen LogP contribution in [0.5, 0.6) is 5.88 Å². The Morgan fingerprint density at radius 3 is 2.82 bits per heavy atom. The van der Waals surface area contributed by atoms with E-state index in [0.717, 1.165) is 5.56 Å². The van der Waals surface area contributed by atoms with E-state index in [0.29, 0.717) is 23.8 Å². The van der Waals surface area contributed by atoms with Gasteiger partial charge in [0.2, 0.25) is 5.88 Å². The van der Waals surface area contributed by atoms with Crippen LogP contribution in [0.2, 0.25) is 0 Å².